The summed E-state index contributed by atoms with van der Waals surface area (Å²) in [6.45, 7) is 2.07. The Hall–Kier alpha value is -1.36. The van der Waals surface area contributed by atoms with E-state index in [2.05, 4.69) is 25.1 Å². The molecule has 0 radical (unpaired) electrons. The Labute approximate surface area is 104 Å². The van der Waals surface area contributed by atoms with Gasteiger partial charge >= 0.3 is 0 Å². The third-order valence-corrected chi connectivity index (χ3v) is 3.34. The van der Waals surface area contributed by atoms with Gasteiger partial charge in [-0.25, -0.2) is 0 Å². The Balaban J connectivity index is 2.05. The number of halogens is 1. The van der Waals surface area contributed by atoms with Gasteiger partial charge in [0.25, 0.3) is 0 Å². The fourth-order valence-corrected chi connectivity index (χ4v) is 2.48. The van der Waals surface area contributed by atoms with E-state index in [1.165, 1.54) is 25.7 Å². The molecular weight excluding hydrogens is 238 g/mol. The molecule has 1 fully saturated rings. The van der Waals surface area contributed by atoms with E-state index in [1.54, 1.807) is 6.20 Å². The molecule has 90 valence electrons. The Kier molecular flexibility index (Phi) is 2.84. The van der Waals surface area contributed by atoms with Crippen molar-refractivity contribution in [1.82, 2.24) is 20.2 Å². The lowest BCUT2D eigenvalue weighted by molar-refractivity contribution is 0.726. The molecule has 0 bridgehead atoms. The number of aromatic nitrogens is 4. The Bertz CT molecular complexity index is 516. The molecule has 0 unspecified atom stereocenters. The van der Waals surface area contributed by atoms with Crippen LogP contribution in [0.25, 0.3) is 11.0 Å². The highest BCUT2D eigenvalue weighted by Gasteiger charge is 2.16. The van der Waals surface area contributed by atoms with E-state index in [1.807, 2.05) is 0 Å². The van der Waals surface area contributed by atoms with Crippen LogP contribution < -0.4 is 4.90 Å². The Morgan fingerprint density at radius 1 is 1.12 bits per heavy atom. The molecule has 6 heteroatoms. The van der Waals surface area contributed by atoms with E-state index in [0.29, 0.717) is 5.65 Å². The summed E-state index contributed by atoms with van der Waals surface area (Å²) in [5, 5.41) is 8.09. The van der Waals surface area contributed by atoms with E-state index in [4.69, 9.17) is 11.6 Å². The van der Waals surface area contributed by atoms with Crippen molar-refractivity contribution in [3.8, 4) is 0 Å². The van der Waals surface area contributed by atoms with E-state index >= 15 is 0 Å². The second-order valence-electron chi connectivity index (χ2n) is 4.35. The molecule has 0 amide bonds. The van der Waals surface area contributed by atoms with Crippen LogP contribution in [0.3, 0.4) is 0 Å². The van der Waals surface area contributed by atoms with Gasteiger partial charge in [0.15, 0.2) is 5.65 Å². The summed E-state index contributed by atoms with van der Waals surface area (Å²) in [4.78, 5) is 10.8. The molecule has 1 saturated heterocycles. The normalized spacial score (nSPS) is 17.4. The SMILES string of the molecule is Clc1nc(N2CCCCCC2)c2cn[nH]c2n1. The van der Waals surface area contributed by atoms with Crippen molar-refractivity contribution in [3.63, 3.8) is 0 Å². The number of nitrogens with zero attached hydrogens (tertiary/aromatic N) is 4. The number of aromatic amines is 1. The molecule has 0 aliphatic carbocycles. The van der Waals surface area contributed by atoms with Gasteiger partial charge in [-0.1, -0.05) is 12.8 Å². The summed E-state index contributed by atoms with van der Waals surface area (Å²) in [7, 11) is 0. The van der Waals surface area contributed by atoms with Gasteiger partial charge in [-0.15, -0.1) is 0 Å². The fourth-order valence-electron chi connectivity index (χ4n) is 2.32. The maximum Gasteiger partial charge on any atom is 0.226 e. The number of anilines is 1. The number of rotatable bonds is 1. The topological polar surface area (TPSA) is 57.7 Å². The minimum absolute atomic E-state index is 0.279. The van der Waals surface area contributed by atoms with Gasteiger partial charge < -0.3 is 4.90 Å². The van der Waals surface area contributed by atoms with E-state index in [-0.39, 0.29) is 5.28 Å². The second-order valence-corrected chi connectivity index (χ2v) is 4.69. The number of nitrogens with one attached hydrogen (secondary N) is 1. The smallest absolute Gasteiger partial charge is 0.226 e. The van der Waals surface area contributed by atoms with Crippen molar-refractivity contribution >= 4 is 28.5 Å². The highest BCUT2D eigenvalue weighted by molar-refractivity contribution is 6.28. The van der Waals surface area contributed by atoms with Gasteiger partial charge in [-0.2, -0.15) is 15.1 Å². The molecule has 0 saturated carbocycles. The third kappa shape index (κ3) is 2.07. The van der Waals surface area contributed by atoms with Crippen LogP contribution in [0.4, 0.5) is 5.82 Å². The van der Waals surface area contributed by atoms with Crippen LogP contribution in [0.1, 0.15) is 25.7 Å². The quantitative estimate of drug-likeness (QED) is 0.791. The van der Waals surface area contributed by atoms with Crippen LogP contribution in [0, 0.1) is 0 Å². The average molecular weight is 252 g/mol. The van der Waals surface area contributed by atoms with Crippen LogP contribution in [0.5, 0.6) is 0 Å². The molecule has 1 aliphatic rings. The lowest BCUT2D eigenvalue weighted by Gasteiger charge is -2.21. The summed E-state index contributed by atoms with van der Waals surface area (Å²) in [5.74, 6) is 0.913. The van der Waals surface area contributed by atoms with Gasteiger partial charge in [0.05, 0.1) is 11.6 Å². The first kappa shape index (κ1) is 10.8. The van der Waals surface area contributed by atoms with E-state index < -0.39 is 0 Å². The molecule has 17 heavy (non-hydrogen) atoms. The van der Waals surface area contributed by atoms with Crippen molar-refractivity contribution in [2.75, 3.05) is 18.0 Å². The standard InChI is InChI=1S/C11H14ClN5/c12-11-14-9-8(7-13-16-9)10(15-11)17-5-3-1-2-4-6-17/h7H,1-6H2,(H,13,14,15,16). The predicted molar refractivity (Wildman–Crippen MR) is 67.4 cm³/mol. The Morgan fingerprint density at radius 3 is 2.65 bits per heavy atom. The van der Waals surface area contributed by atoms with Crippen molar-refractivity contribution in [3.05, 3.63) is 11.5 Å². The molecule has 1 N–H and O–H groups in total. The van der Waals surface area contributed by atoms with Crippen molar-refractivity contribution in [2.24, 2.45) is 0 Å². The highest BCUT2D eigenvalue weighted by Crippen LogP contribution is 2.25. The molecule has 0 spiro atoms. The first-order chi connectivity index (χ1) is 8.34. The summed E-state index contributed by atoms with van der Waals surface area (Å²) in [6.07, 6.45) is 6.78. The maximum atomic E-state index is 5.94. The zero-order valence-electron chi connectivity index (χ0n) is 9.49. The first-order valence-corrected chi connectivity index (χ1v) is 6.34. The summed E-state index contributed by atoms with van der Waals surface area (Å²) in [5.41, 5.74) is 0.712. The lowest BCUT2D eigenvalue weighted by atomic mass is 10.2. The third-order valence-electron chi connectivity index (χ3n) is 3.17. The zero-order chi connectivity index (χ0) is 11.7. The van der Waals surface area contributed by atoms with Crippen molar-refractivity contribution in [1.29, 1.82) is 0 Å². The molecular formula is C11H14ClN5. The van der Waals surface area contributed by atoms with Crippen molar-refractivity contribution in [2.45, 2.75) is 25.7 Å². The first-order valence-electron chi connectivity index (χ1n) is 5.96. The molecule has 3 heterocycles. The summed E-state index contributed by atoms with van der Waals surface area (Å²) < 4.78 is 0. The molecule has 1 aliphatic heterocycles. The number of hydrogen-bond acceptors (Lipinski definition) is 4. The minimum Gasteiger partial charge on any atom is -0.356 e. The monoisotopic (exact) mass is 251 g/mol. The summed E-state index contributed by atoms with van der Waals surface area (Å²) in [6, 6.07) is 0. The minimum atomic E-state index is 0.279. The lowest BCUT2D eigenvalue weighted by Crippen LogP contribution is -2.25. The van der Waals surface area contributed by atoms with Crippen LogP contribution in [-0.4, -0.2) is 33.3 Å². The second kappa shape index (κ2) is 4.49. The predicted octanol–water partition coefficient (Wildman–Crippen LogP) is 2.39. The average Bonchev–Trinajstić information content (AvgIpc) is 2.62. The molecule has 2 aromatic rings. The van der Waals surface area contributed by atoms with E-state index in [0.717, 1.165) is 24.3 Å². The highest BCUT2D eigenvalue weighted by atomic mass is 35.5. The van der Waals surface area contributed by atoms with Crippen LogP contribution >= 0.6 is 11.6 Å². The fraction of sp³-hybridized carbons (Fsp3) is 0.545. The van der Waals surface area contributed by atoms with Crippen LogP contribution in [0.2, 0.25) is 5.28 Å². The number of fused-ring (bicyclic) bond motifs is 1. The van der Waals surface area contributed by atoms with Crippen LogP contribution in [0.15, 0.2) is 6.20 Å². The van der Waals surface area contributed by atoms with Gasteiger partial charge in [0.1, 0.15) is 5.82 Å². The summed E-state index contributed by atoms with van der Waals surface area (Å²) >= 11 is 5.94. The van der Waals surface area contributed by atoms with Gasteiger partial charge in [-0.3, -0.25) is 5.10 Å². The molecule has 3 rings (SSSR count). The van der Waals surface area contributed by atoms with Crippen LogP contribution in [-0.2, 0) is 0 Å². The largest absolute Gasteiger partial charge is 0.356 e. The number of H-pyrrole nitrogens is 1. The maximum absolute atomic E-state index is 5.94. The van der Waals surface area contributed by atoms with Gasteiger partial charge in [0, 0.05) is 13.1 Å². The Morgan fingerprint density at radius 2 is 1.88 bits per heavy atom. The van der Waals surface area contributed by atoms with Crippen molar-refractivity contribution < 1.29 is 0 Å². The van der Waals surface area contributed by atoms with Gasteiger partial charge in [0.2, 0.25) is 5.28 Å². The molecule has 0 aromatic carbocycles. The number of hydrogen-bond donors (Lipinski definition) is 1. The molecule has 2 aromatic heterocycles. The molecule has 0 atom stereocenters. The zero-order valence-corrected chi connectivity index (χ0v) is 10.2. The van der Waals surface area contributed by atoms with E-state index in [9.17, 15) is 0 Å². The molecule has 5 nitrogen and oxygen atoms in total. The van der Waals surface area contributed by atoms with Gasteiger partial charge in [-0.05, 0) is 24.4 Å².